The molecule has 0 aromatic carbocycles. The van der Waals surface area contributed by atoms with Gasteiger partial charge in [0.1, 0.15) is 0 Å². The first-order valence-corrected chi connectivity index (χ1v) is 6.83. The first-order chi connectivity index (χ1) is 8.49. The Balaban J connectivity index is 2.30. The highest BCUT2D eigenvalue weighted by atomic mass is 16.1. The molecule has 5 nitrogen and oxygen atoms in total. The third-order valence-electron chi connectivity index (χ3n) is 3.04. The minimum absolute atomic E-state index is 0.0357. The van der Waals surface area contributed by atoms with Gasteiger partial charge in [0.15, 0.2) is 5.96 Å². The number of carbonyl (C=O) groups is 1. The van der Waals surface area contributed by atoms with E-state index in [2.05, 4.69) is 22.1 Å². The molecule has 1 heterocycles. The van der Waals surface area contributed by atoms with Crippen molar-refractivity contribution >= 4 is 11.9 Å². The molecule has 5 heteroatoms. The molecule has 1 aliphatic heterocycles. The first-order valence-electron chi connectivity index (χ1n) is 6.83. The molecule has 3 N–H and O–H groups in total. The van der Waals surface area contributed by atoms with Gasteiger partial charge in [0, 0.05) is 25.6 Å². The van der Waals surface area contributed by atoms with Gasteiger partial charge in [-0.15, -0.1) is 0 Å². The van der Waals surface area contributed by atoms with Crippen molar-refractivity contribution in [3.8, 4) is 0 Å². The molecule has 1 unspecified atom stereocenters. The van der Waals surface area contributed by atoms with Gasteiger partial charge in [0.2, 0.25) is 5.91 Å². The molecule has 1 saturated heterocycles. The average Bonchev–Trinajstić information content (AvgIpc) is 2.27. The molecule has 0 bridgehead atoms. The van der Waals surface area contributed by atoms with Crippen LogP contribution in [-0.2, 0) is 4.79 Å². The number of likely N-dealkylation sites (tertiary alicyclic amines) is 1. The van der Waals surface area contributed by atoms with E-state index in [9.17, 15) is 4.79 Å². The summed E-state index contributed by atoms with van der Waals surface area (Å²) in [6, 6.07) is 0.182. The van der Waals surface area contributed by atoms with Crippen molar-refractivity contribution in [1.82, 2.24) is 10.2 Å². The lowest BCUT2D eigenvalue weighted by molar-refractivity contribution is -0.121. The quantitative estimate of drug-likeness (QED) is 0.579. The highest BCUT2D eigenvalue weighted by molar-refractivity contribution is 5.79. The number of piperidine rings is 1. The Morgan fingerprint density at radius 1 is 1.56 bits per heavy atom. The number of nitrogens with zero attached hydrogens (tertiary/aromatic N) is 2. The van der Waals surface area contributed by atoms with E-state index in [1.807, 2.05) is 13.8 Å². The van der Waals surface area contributed by atoms with E-state index >= 15 is 0 Å². The third kappa shape index (κ3) is 5.38. The summed E-state index contributed by atoms with van der Waals surface area (Å²) in [5.74, 6) is 1.30. The Kier molecular flexibility index (Phi) is 5.95. The van der Waals surface area contributed by atoms with Gasteiger partial charge in [0.05, 0.1) is 6.54 Å². The zero-order valence-corrected chi connectivity index (χ0v) is 11.8. The van der Waals surface area contributed by atoms with Gasteiger partial charge in [-0.25, -0.2) is 0 Å². The van der Waals surface area contributed by atoms with Crippen LogP contribution in [0.2, 0.25) is 0 Å². The SMILES string of the molecule is CC1CCCN(C(N)=NCCC(=O)NC(C)C)C1. The summed E-state index contributed by atoms with van der Waals surface area (Å²) in [5, 5.41) is 2.84. The molecule has 0 aromatic heterocycles. The van der Waals surface area contributed by atoms with Gasteiger partial charge < -0.3 is 16.0 Å². The Bertz CT molecular complexity index is 301. The van der Waals surface area contributed by atoms with Gasteiger partial charge in [-0.05, 0) is 32.6 Å². The second-order valence-corrected chi connectivity index (χ2v) is 5.41. The largest absolute Gasteiger partial charge is 0.370 e. The van der Waals surface area contributed by atoms with Crippen molar-refractivity contribution in [3.63, 3.8) is 0 Å². The Labute approximate surface area is 110 Å². The first kappa shape index (κ1) is 14.8. The van der Waals surface area contributed by atoms with Crippen LogP contribution in [0.5, 0.6) is 0 Å². The summed E-state index contributed by atoms with van der Waals surface area (Å²) < 4.78 is 0. The molecule has 1 aliphatic rings. The van der Waals surface area contributed by atoms with Crippen molar-refractivity contribution in [2.24, 2.45) is 16.6 Å². The van der Waals surface area contributed by atoms with Gasteiger partial charge in [-0.3, -0.25) is 9.79 Å². The van der Waals surface area contributed by atoms with Crippen LogP contribution in [-0.4, -0.2) is 42.4 Å². The minimum Gasteiger partial charge on any atom is -0.370 e. The predicted octanol–water partition coefficient (Wildman–Crippen LogP) is 0.948. The van der Waals surface area contributed by atoms with E-state index in [1.54, 1.807) is 0 Å². The lowest BCUT2D eigenvalue weighted by atomic mass is 10.0. The topological polar surface area (TPSA) is 70.7 Å². The molecule has 104 valence electrons. The second kappa shape index (κ2) is 7.24. The number of hydrogen-bond acceptors (Lipinski definition) is 2. The van der Waals surface area contributed by atoms with Crippen molar-refractivity contribution in [1.29, 1.82) is 0 Å². The Morgan fingerprint density at radius 2 is 2.28 bits per heavy atom. The number of nitrogens with one attached hydrogen (secondary N) is 1. The van der Waals surface area contributed by atoms with Gasteiger partial charge in [-0.1, -0.05) is 6.92 Å². The fourth-order valence-corrected chi connectivity index (χ4v) is 2.16. The second-order valence-electron chi connectivity index (χ2n) is 5.41. The standard InChI is InChI=1S/C13H26N4O/c1-10(2)16-12(18)6-7-15-13(14)17-8-4-5-11(3)9-17/h10-11H,4-9H2,1-3H3,(H2,14,15)(H,16,18). The highest BCUT2D eigenvalue weighted by Gasteiger charge is 2.17. The Morgan fingerprint density at radius 3 is 2.89 bits per heavy atom. The fourth-order valence-electron chi connectivity index (χ4n) is 2.16. The molecule has 0 radical (unpaired) electrons. The molecule has 1 atom stereocenters. The van der Waals surface area contributed by atoms with Gasteiger partial charge in [-0.2, -0.15) is 0 Å². The molecular weight excluding hydrogens is 228 g/mol. The molecule has 0 aliphatic carbocycles. The number of guanidine groups is 1. The number of carbonyl (C=O) groups excluding carboxylic acids is 1. The minimum atomic E-state index is 0.0357. The molecule has 0 spiro atoms. The van der Waals surface area contributed by atoms with Gasteiger partial charge in [0.25, 0.3) is 0 Å². The summed E-state index contributed by atoms with van der Waals surface area (Å²) in [6.07, 6.45) is 2.84. The maximum atomic E-state index is 11.4. The number of rotatable bonds is 4. The third-order valence-corrected chi connectivity index (χ3v) is 3.04. The van der Waals surface area contributed by atoms with Crippen LogP contribution < -0.4 is 11.1 Å². The molecule has 1 rings (SSSR count). The van der Waals surface area contributed by atoms with E-state index < -0.39 is 0 Å². The van der Waals surface area contributed by atoms with E-state index in [-0.39, 0.29) is 11.9 Å². The lowest BCUT2D eigenvalue weighted by Gasteiger charge is -2.31. The van der Waals surface area contributed by atoms with Crippen LogP contribution in [0.1, 0.15) is 40.0 Å². The van der Waals surface area contributed by atoms with Crippen LogP contribution in [0.4, 0.5) is 0 Å². The van der Waals surface area contributed by atoms with Gasteiger partial charge >= 0.3 is 0 Å². The van der Waals surface area contributed by atoms with Crippen LogP contribution >= 0.6 is 0 Å². The molecule has 18 heavy (non-hydrogen) atoms. The average molecular weight is 254 g/mol. The van der Waals surface area contributed by atoms with Crippen molar-refractivity contribution < 1.29 is 4.79 Å². The summed E-state index contributed by atoms with van der Waals surface area (Å²) in [6.45, 7) is 8.56. The molecule has 0 saturated carbocycles. The maximum Gasteiger partial charge on any atom is 0.222 e. The number of hydrogen-bond donors (Lipinski definition) is 2. The van der Waals surface area contributed by atoms with E-state index in [0.29, 0.717) is 24.8 Å². The van der Waals surface area contributed by atoms with Crippen LogP contribution in [0.15, 0.2) is 4.99 Å². The number of amides is 1. The number of aliphatic imine (C=N–C) groups is 1. The molecule has 0 aromatic rings. The lowest BCUT2D eigenvalue weighted by Crippen LogP contribution is -2.43. The summed E-state index contributed by atoms with van der Waals surface area (Å²) in [7, 11) is 0. The number of nitrogens with two attached hydrogens (primary N) is 1. The maximum absolute atomic E-state index is 11.4. The van der Waals surface area contributed by atoms with Crippen molar-refractivity contribution in [2.45, 2.75) is 46.1 Å². The van der Waals surface area contributed by atoms with Crippen molar-refractivity contribution in [2.75, 3.05) is 19.6 Å². The van der Waals surface area contributed by atoms with E-state index in [1.165, 1.54) is 12.8 Å². The predicted molar refractivity (Wildman–Crippen MR) is 74.4 cm³/mol. The summed E-state index contributed by atoms with van der Waals surface area (Å²) in [5.41, 5.74) is 5.94. The van der Waals surface area contributed by atoms with Crippen LogP contribution in [0.3, 0.4) is 0 Å². The normalized spacial score (nSPS) is 21.2. The summed E-state index contributed by atoms with van der Waals surface area (Å²) in [4.78, 5) is 17.8. The van der Waals surface area contributed by atoms with Crippen molar-refractivity contribution in [3.05, 3.63) is 0 Å². The Hall–Kier alpha value is -1.26. The zero-order chi connectivity index (χ0) is 13.5. The molecular formula is C13H26N4O. The highest BCUT2D eigenvalue weighted by Crippen LogP contribution is 2.14. The monoisotopic (exact) mass is 254 g/mol. The van der Waals surface area contributed by atoms with Crippen LogP contribution in [0.25, 0.3) is 0 Å². The van der Waals surface area contributed by atoms with E-state index in [0.717, 1.165) is 13.1 Å². The van der Waals surface area contributed by atoms with E-state index in [4.69, 9.17) is 5.73 Å². The fraction of sp³-hybridized carbons (Fsp3) is 0.846. The smallest absolute Gasteiger partial charge is 0.222 e. The molecule has 1 fully saturated rings. The summed E-state index contributed by atoms with van der Waals surface area (Å²) >= 11 is 0. The van der Waals surface area contributed by atoms with Crippen LogP contribution in [0, 0.1) is 5.92 Å². The zero-order valence-electron chi connectivity index (χ0n) is 11.8. The molecule has 1 amide bonds.